The first-order valence-corrected chi connectivity index (χ1v) is 8.09. The number of esters is 1. The molecular formula is C21H19NO3. The summed E-state index contributed by atoms with van der Waals surface area (Å²) in [7, 11) is 1.32. The van der Waals surface area contributed by atoms with Gasteiger partial charge in [0.1, 0.15) is 6.04 Å². The number of rotatable bonds is 5. The maximum absolute atomic E-state index is 12.6. The van der Waals surface area contributed by atoms with Crippen LogP contribution in [0.5, 0.6) is 0 Å². The maximum atomic E-state index is 12.6. The fourth-order valence-electron chi connectivity index (χ4n) is 2.76. The zero-order valence-corrected chi connectivity index (χ0v) is 13.9. The summed E-state index contributed by atoms with van der Waals surface area (Å²) in [6.07, 6.45) is 0.382. The summed E-state index contributed by atoms with van der Waals surface area (Å²) in [5, 5.41) is 4.83. The summed E-state index contributed by atoms with van der Waals surface area (Å²) in [6.45, 7) is 0. The molecule has 0 radical (unpaired) electrons. The fourth-order valence-corrected chi connectivity index (χ4v) is 2.76. The standard InChI is InChI=1S/C21H19NO3/c1-25-21(24)19(13-15-7-3-2-4-8-15)22-20(23)18-12-11-16-9-5-6-10-17(16)14-18/h2-12,14,19H,13H2,1H3,(H,22,23). The molecule has 3 rings (SSSR count). The van der Waals surface area contributed by atoms with E-state index in [1.54, 1.807) is 6.07 Å². The van der Waals surface area contributed by atoms with Gasteiger partial charge in [-0.1, -0.05) is 60.7 Å². The summed E-state index contributed by atoms with van der Waals surface area (Å²) in [6, 6.07) is 22.1. The molecule has 0 aliphatic heterocycles. The fraction of sp³-hybridized carbons (Fsp3) is 0.143. The number of amides is 1. The number of ether oxygens (including phenoxy) is 1. The van der Waals surface area contributed by atoms with Crippen LogP contribution in [0.15, 0.2) is 72.8 Å². The van der Waals surface area contributed by atoms with Crippen molar-refractivity contribution in [3.63, 3.8) is 0 Å². The van der Waals surface area contributed by atoms with Gasteiger partial charge in [-0.25, -0.2) is 4.79 Å². The topological polar surface area (TPSA) is 55.4 Å². The minimum atomic E-state index is -0.730. The SMILES string of the molecule is COC(=O)C(Cc1ccccc1)NC(=O)c1ccc2ccccc2c1. The molecule has 0 saturated carbocycles. The molecule has 0 aliphatic carbocycles. The number of hydrogen-bond acceptors (Lipinski definition) is 3. The van der Waals surface area contributed by atoms with Crippen LogP contribution in [0.4, 0.5) is 0 Å². The highest BCUT2D eigenvalue weighted by atomic mass is 16.5. The number of hydrogen-bond donors (Lipinski definition) is 1. The Morgan fingerprint density at radius 2 is 1.60 bits per heavy atom. The lowest BCUT2D eigenvalue weighted by Crippen LogP contribution is -2.43. The number of nitrogens with one attached hydrogen (secondary N) is 1. The number of fused-ring (bicyclic) bond motifs is 1. The molecule has 1 atom stereocenters. The van der Waals surface area contributed by atoms with Crippen molar-refractivity contribution in [3.8, 4) is 0 Å². The van der Waals surface area contributed by atoms with E-state index in [9.17, 15) is 9.59 Å². The van der Waals surface area contributed by atoms with Gasteiger partial charge in [0.25, 0.3) is 5.91 Å². The second-order valence-corrected chi connectivity index (χ2v) is 5.80. The molecular weight excluding hydrogens is 314 g/mol. The van der Waals surface area contributed by atoms with E-state index in [0.717, 1.165) is 16.3 Å². The normalized spacial score (nSPS) is 11.7. The second kappa shape index (κ2) is 7.62. The van der Waals surface area contributed by atoms with Gasteiger partial charge in [0, 0.05) is 12.0 Å². The van der Waals surface area contributed by atoms with E-state index in [2.05, 4.69) is 5.32 Å². The molecule has 0 spiro atoms. The minimum absolute atomic E-state index is 0.294. The highest BCUT2D eigenvalue weighted by Crippen LogP contribution is 2.16. The molecule has 0 aliphatic rings. The number of benzene rings is 3. The zero-order chi connectivity index (χ0) is 17.6. The van der Waals surface area contributed by atoms with Gasteiger partial charge in [0.2, 0.25) is 0 Å². The van der Waals surface area contributed by atoms with E-state index in [0.29, 0.717) is 12.0 Å². The third kappa shape index (κ3) is 4.04. The third-order valence-corrected chi connectivity index (χ3v) is 4.09. The van der Waals surface area contributed by atoms with E-state index < -0.39 is 12.0 Å². The van der Waals surface area contributed by atoms with Crippen molar-refractivity contribution in [2.45, 2.75) is 12.5 Å². The Labute approximate surface area is 146 Å². The highest BCUT2D eigenvalue weighted by Gasteiger charge is 2.22. The average Bonchev–Trinajstić information content (AvgIpc) is 2.67. The molecule has 0 bridgehead atoms. The lowest BCUT2D eigenvalue weighted by atomic mass is 10.0. The molecule has 1 amide bonds. The number of carbonyl (C=O) groups excluding carboxylic acids is 2. The Morgan fingerprint density at radius 1 is 0.920 bits per heavy atom. The minimum Gasteiger partial charge on any atom is -0.467 e. The van der Waals surface area contributed by atoms with Crippen LogP contribution in [0.1, 0.15) is 15.9 Å². The summed E-state index contributed by atoms with van der Waals surface area (Å²) in [5.41, 5.74) is 1.47. The molecule has 1 unspecified atom stereocenters. The van der Waals surface area contributed by atoms with E-state index in [4.69, 9.17) is 4.74 Å². The molecule has 4 nitrogen and oxygen atoms in total. The highest BCUT2D eigenvalue weighted by molar-refractivity contribution is 6.00. The third-order valence-electron chi connectivity index (χ3n) is 4.09. The average molecular weight is 333 g/mol. The van der Waals surface area contributed by atoms with Crippen LogP contribution < -0.4 is 5.32 Å². The van der Waals surface area contributed by atoms with Crippen LogP contribution >= 0.6 is 0 Å². The van der Waals surface area contributed by atoms with Crippen molar-refractivity contribution >= 4 is 22.6 Å². The van der Waals surface area contributed by atoms with Gasteiger partial charge in [0.15, 0.2) is 0 Å². The van der Waals surface area contributed by atoms with Gasteiger partial charge in [-0.15, -0.1) is 0 Å². The van der Waals surface area contributed by atoms with Gasteiger partial charge in [0.05, 0.1) is 7.11 Å². The van der Waals surface area contributed by atoms with Crippen LogP contribution in [0.25, 0.3) is 10.8 Å². The van der Waals surface area contributed by atoms with Crippen LogP contribution in [0.3, 0.4) is 0 Å². The van der Waals surface area contributed by atoms with Gasteiger partial charge in [-0.3, -0.25) is 4.79 Å². The Bertz CT molecular complexity index is 890. The van der Waals surface area contributed by atoms with Crippen LogP contribution in [0, 0.1) is 0 Å². The van der Waals surface area contributed by atoms with Gasteiger partial charge < -0.3 is 10.1 Å². The van der Waals surface area contributed by atoms with E-state index in [1.165, 1.54) is 7.11 Å². The molecule has 25 heavy (non-hydrogen) atoms. The molecule has 4 heteroatoms. The molecule has 0 saturated heterocycles. The van der Waals surface area contributed by atoms with Gasteiger partial charge >= 0.3 is 5.97 Å². The summed E-state index contributed by atoms with van der Waals surface area (Å²) >= 11 is 0. The molecule has 0 heterocycles. The van der Waals surface area contributed by atoms with E-state index >= 15 is 0 Å². The second-order valence-electron chi connectivity index (χ2n) is 5.80. The van der Waals surface area contributed by atoms with Crippen molar-refractivity contribution in [2.75, 3.05) is 7.11 Å². The summed E-state index contributed by atoms with van der Waals surface area (Å²) in [4.78, 5) is 24.6. The summed E-state index contributed by atoms with van der Waals surface area (Å²) in [5.74, 6) is -0.755. The maximum Gasteiger partial charge on any atom is 0.328 e. The Morgan fingerprint density at radius 3 is 2.32 bits per heavy atom. The van der Waals surface area contributed by atoms with Crippen LogP contribution in [0.2, 0.25) is 0 Å². The van der Waals surface area contributed by atoms with Crippen molar-refractivity contribution in [1.82, 2.24) is 5.32 Å². The Kier molecular flexibility index (Phi) is 5.09. The van der Waals surface area contributed by atoms with Crippen LogP contribution in [-0.2, 0) is 16.0 Å². The van der Waals surface area contributed by atoms with Crippen molar-refractivity contribution in [2.24, 2.45) is 0 Å². The van der Waals surface area contributed by atoms with Crippen molar-refractivity contribution in [3.05, 3.63) is 83.9 Å². The van der Waals surface area contributed by atoms with Gasteiger partial charge in [-0.05, 0) is 28.5 Å². The zero-order valence-electron chi connectivity index (χ0n) is 13.9. The first kappa shape index (κ1) is 16.7. The first-order valence-electron chi connectivity index (χ1n) is 8.09. The largest absolute Gasteiger partial charge is 0.467 e. The predicted octanol–water partition coefficient (Wildman–Crippen LogP) is 3.35. The smallest absolute Gasteiger partial charge is 0.328 e. The predicted molar refractivity (Wildman–Crippen MR) is 97.4 cm³/mol. The van der Waals surface area contributed by atoms with Crippen LogP contribution in [-0.4, -0.2) is 25.0 Å². The molecule has 1 N–H and O–H groups in total. The molecule has 0 aromatic heterocycles. The number of methoxy groups -OCH3 is 1. The van der Waals surface area contributed by atoms with E-state index in [-0.39, 0.29) is 5.91 Å². The monoisotopic (exact) mass is 333 g/mol. The van der Waals surface area contributed by atoms with Gasteiger partial charge in [-0.2, -0.15) is 0 Å². The van der Waals surface area contributed by atoms with Crippen molar-refractivity contribution < 1.29 is 14.3 Å². The molecule has 3 aromatic rings. The quantitative estimate of drug-likeness (QED) is 0.729. The lowest BCUT2D eigenvalue weighted by molar-refractivity contribution is -0.142. The Hall–Kier alpha value is -3.14. The lowest BCUT2D eigenvalue weighted by Gasteiger charge is -2.17. The van der Waals surface area contributed by atoms with E-state index in [1.807, 2.05) is 66.7 Å². The summed E-state index contributed by atoms with van der Waals surface area (Å²) < 4.78 is 4.84. The molecule has 126 valence electrons. The number of carbonyl (C=O) groups is 2. The van der Waals surface area contributed by atoms with Crippen molar-refractivity contribution in [1.29, 1.82) is 0 Å². The Balaban J connectivity index is 1.79. The molecule has 0 fully saturated rings. The molecule has 3 aromatic carbocycles. The first-order chi connectivity index (χ1) is 12.2.